The molecule has 2 rings (SSSR count). The van der Waals surface area contributed by atoms with E-state index in [4.69, 9.17) is 9.72 Å². The first kappa shape index (κ1) is 13.1. The molecule has 2 aromatic rings. The molecule has 1 aromatic heterocycles. The molecule has 1 heterocycles. The number of rotatable bonds is 6. The smallest absolute Gasteiger partial charge is 0.112 e. The summed E-state index contributed by atoms with van der Waals surface area (Å²) in [5, 5.41) is 0. The van der Waals surface area contributed by atoms with Crippen molar-refractivity contribution in [2.24, 2.45) is 0 Å². The maximum atomic E-state index is 5.41. The second-order valence-corrected chi connectivity index (χ2v) is 4.82. The van der Waals surface area contributed by atoms with Gasteiger partial charge >= 0.3 is 0 Å². The van der Waals surface area contributed by atoms with Crippen LogP contribution >= 0.6 is 0 Å². The Bertz CT molecular complexity index is 502. The first-order valence-corrected chi connectivity index (χ1v) is 6.77. The van der Waals surface area contributed by atoms with Crippen LogP contribution in [0.1, 0.15) is 38.9 Å². The molecule has 18 heavy (non-hydrogen) atoms. The average molecular weight is 246 g/mol. The summed E-state index contributed by atoms with van der Waals surface area (Å²) in [6, 6.07) is 8.35. The number of hydrogen-bond donors (Lipinski definition) is 0. The lowest BCUT2D eigenvalue weighted by molar-refractivity contribution is 0.141. The zero-order valence-corrected chi connectivity index (χ0v) is 11.5. The number of aryl methyl sites for hydroxylation is 1. The number of aromatic nitrogens is 2. The molecule has 0 aliphatic heterocycles. The number of hydrogen-bond acceptors (Lipinski definition) is 2. The number of para-hydroxylation sites is 2. The molecule has 98 valence electrons. The van der Waals surface area contributed by atoms with Gasteiger partial charge in [-0.3, -0.25) is 0 Å². The molecule has 0 N–H and O–H groups in total. The Morgan fingerprint density at radius 3 is 2.78 bits per heavy atom. The standard InChI is InChI=1S/C15H22N2O/c1-4-18-11-7-10-17-14-9-6-5-8-13(14)16-15(17)12(2)3/h5-6,8-9,12H,4,7,10-11H2,1-3H3. The van der Waals surface area contributed by atoms with Crippen LogP contribution in [0.4, 0.5) is 0 Å². The van der Waals surface area contributed by atoms with Crippen LogP contribution in [0.5, 0.6) is 0 Å². The molecule has 0 aliphatic carbocycles. The van der Waals surface area contributed by atoms with Crippen LogP contribution < -0.4 is 0 Å². The highest BCUT2D eigenvalue weighted by Crippen LogP contribution is 2.21. The quantitative estimate of drug-likeness (QED) is 0.728. The van der Waals surface area contributed by atoms with Gasteiger partial charge in [0.1, 0.15) is 5.82 Å². The van der Waals surface area contributed by atoms with E-state index >= 15 is 0 Å². The van der Waals surface area contributed by atoms with E-state index in [-0.39, 0.29) is 0 Å². The monoisotopic (exact) mass is 246 g/mol. The molecule has 3 heteroatoms. The van der Waals surface area contributed by atoms with E-state index in [1.54, 1.807) is 0 Å². The maximum Gasteiger partial charge on any atom is 0.112 e. The van der Waals surface area contributed by atoms with Gasteiger partial charge < -0.3 is 9.30 Å². The Kier molecular flexibility index (Phi) is 4.37. The van der Waals surface area contributed by atoms with E-state index in [2.05, 4.69) is 36.6 Å². The van der Waals surface area contributed by atoms with Gasteiger partial charge in [0.25, 0.3) is 0 Å². The van der Waals surface area contributed by atoms with Gasteiger partial charge in [0, 0.05) is 25.7 Å². The highest BCUT2D eigenvalue weighted by Gasteiger charge is 2.12. The van der Waals surface area contributed by atoms with E-state index < -0.39 is 0 Å². The predicted molar refractivity (Wildman–Crippen MR) is 74.9 cm³/mol. The van der Waals surface area contributed by atoms with Gasteiger partial charge in [-0.15, -0.1) is 0 Å². The number of imidazole rings is 1. The molecule has 0 aliphatic rings. The molecule has 0 radical (unpaired) electrons. The van der Waals surface area contributed by atoms with Gasteiger partial charge in [0.15, 0.2) is 0 Å². The molecule has 3 nitrogen and oxygen atoms in total. The fourth-order valence-corrected chi connectivity index (χ4v) is 2.24. The Morgan fingerprint density at radius 1 is 1.28 bits per heavy atom. The van der Waals surface area contributed by atoms with Crippen LogP contribution in [-0.2, 0) is 11.3 Å². The van der Waals surface area contributed by atoms with E-state index in [0.717, 1.165) is 31.7 Å². The van der Waals surface area contributed by atoms with Crippen molar-refractivity contribution in [3.63, 3.8) is 0 Å². The van der Waals surface area contributed by atoms with Crippen molar-refractivity contribution in [1.82, 2.24) is 9.55 Å². The lowest BCUT2D eigenvalue weighted by atomic mass is 10.2. The van der Waals surface area contributed by atoms with Crippen molar-refractivity contribution >= 4 is 11.0 Å². The zero-order valence-electron chi connectivity index (χ0n) is 11.5. The summed E-state index contributed by atoms with van der Waals surface area (Å²) in [5.41, 5.74) is 2.33. The molecule has 0 saturated carbocycles. The molecule has 0 saturated heterocycles. The van der Waals surface area contributed by atoms with Gasteiger partial charge in [0.2, 0.25) is 0 Å². The fourth-order valence-electron chi connectivity index (χ4n) is 2.24. The Balaban J connectivity index is 2.24. The highest BCUT2D eigenvalue weighted by atomic mass is 16.5. The molecule has 0 amide bonds. The first-order chi connectivity index (χ1) is 8.74. The van der Waals surface area contributed by atoms with E-state index in [1.807, 2.05) is 13.0 Å². The third kappa shape index (κ3) is 2.72. The number of nitrogens with zero attached hydrogens (tertiary/aromatic N) is 2. The van der Waals surface area contributed by atoms with Gasteiger partial charge in [0.05, 0.1) is 11.0 Å². The Hall–Kier alpha value is -1.35. The topological polar surface area (TPSA) is 27.1 Å². The predicted octanol–water partition coefficient (Wildman–Crippen LogP) is 3.59. The molecule has 0 unspecified atom stereocenters. The molecular weight excluding hydrogens is 224 g/mol. The Labute approximate surface area is 109 Å². The molecule has 0 bridgehead atoms. The van der Waals surface area contributed by atoms with Gasteiger partial charge in [-0.05, 0) is 25.5 Å². The van der Waals surface area contributed by atoms with E-state index in [9.17, 15) is 0 Å². The zero-order chi connectivity index (χ0) is 13.0. The number of benzene rings is 1. The first-order valence-electron chi connectivity index (χ1n) is 6.77. The van der Waals surface area contributed by atoms with Crippen LogP contribution in [0.3, 0.4) is 0 Å². The van der Waals surface area contributed by atoms with Crippen molar-refractivity contribution in [2.75, 3.05) is 13.2 Å². The minimum Gasteiger partial charge on any atom is -0.382 e. The average Bonchev–Trinajstić information content (AvgIpc) is 2.74. The lowest BCUT2D eigenvalue weighted by Crippen LogP contribution is -2.08. The van der Waals surface area contributed by atoms with Crippen molar-refractivity contribution in [3.8, 4) is 0 Å². The number of fused-ring (bicyclic) bond motifs is 1. The summed E-state index contributed by atoms with van der Waals surface area (Å²) in [5.74, 6) is 1.62. The normalized spacial score (nSPS) is 11.6. The van der Waals surface area contributed by atoms with Gasteiger partial charge in [-0.25, -0.2) is 4.98 Å². The van der Waals surface area contributed by atoms with Crippen molar-refractivity contribution < 1.29 is 4.74 Å². The SMILES string of the molecule is CCOCCCn1c(C(C)C)nc2ccccc21. The summed E-state index contributed by atoms with van der Waals surface area (Å²) in [4.78, 5) is 4.73. The summed E-state index contributed by atoms with van der Waals surface area (Å²) < 4.78 is 7.74. The molecule has 1 aromatic carbocycles. The summed E-state index contributed by atoms with van der Waals surface area (Å²) >= 11 is 0. The van der Waals surface area contributed by atoms with Crippen LogP contribution in [0, 0.1) is 0 Å². The van der Waals surface area contributed by atoms with Gasteiger partial charge in [-0.2, -0.15) is 0 Å². The van der Waals surface area contributed by atoms with Gasteiger partial charge in [-0.1, -0.05) is 26.0 Å². The second-order valence-electron chi connectivity index (χ2n) is 4.82. The van der Waals surface area contributed by atoms with E-state index in [1.165, 1.54) is 11.3 Å². The van der Waals surface area contributed by atoms with Crippen LogP contribution in [0.2, 0.25) is 0 Å². The molecular formula is C15H22N2O. The number of ether oxygens (including phenoxy) is 1. The summed E-state index contributed by atoms with van der Waals surface area (Å²) in [7, 11) is 0. The minimum atomic E-state index is 0.449. The van der Waals surface area contributed by atoms with Crippen LogP contribution in [0.25, 0.3) is 11.0 Å². The molecule has 0 fully saturated rings. The van der Waals surface area contributed by atoms with E-state index in [0.29, 0.717) is 5.92 Å². The molecule has 0 atom stereocenters. The second kappa shape index (κ2) is 6.01. The minimum absolute atomic E-state index is 0.449. The van der Waals surface area contributed by atoms with Crippen molar-refractivity contribution in [2.45, 2.75) is 39.7 Å². The summed E-state index contributed by atoms with van der Waals surface area (Å²) in [6.07, 6.45) is 1.04. The Morgan fingerprint density at radius 2 is 2.06 bits per heavy atom. The van der Waals surface area contributed by atoms with Crippen molar-refractivity contribution in [1.29, 1.82) is 0 Å². The highest BCUT2D eigenvalue weighted by molar-refractivity contribution is 5.76. The fraction of sp³-hybridized carbons (Fsp3) is 0.533. The largest absolute Gasteiger partial charge is 0.382 e. The van der Waals surface area contributed by atoms with Crippen molar-refractivity contribution in [3.05, 3.63) is 30.1 Å². The van der Waals surface area contributed by atoms with Crippen LogP contribution in [0.15, 0.2) is 24.3 Å². The third-order valence-corrected chi connectivity index (χ3v) is 3.07. The summed E-state index contributed by atoms with van der Waals surface area (Å²) in [6.45, 7) is 9.02. The lowest BCUT2D eigenvalue weighted by Gasteiger charge is -2.11. The van der Waals surface area contributed by atoms with Crippen LogP contribution in [-0.4, -0.2) is 22.8 Å². The third-order valence-electron chi connectivity index (χ3n) is 3.07. The maximum absolute atomic E-state index is 5.41. The molecule has 0 spiro atoms.